The van der Waals surface area contributed by atoms with Gasteiger partial charge in [-0.1, -0.05) is 0 Å². The Bertz CT molecular complexity index is 648. The highest BCUT2D eigenvalue weighted by Gasteiger charge is 2.22. The standard InChI is InChI=1S/C20H32N4O2S.HI/c1-3-21-20(23(2)11-12-26-15-16-4-5-16)22-9-6-19(25)24-10-7-18-17(14-24)8-13-27-18;/h8,13,16H,3-7,9-12,14-15H2,1-2H3,(H,21,22);1H. The highest BCUT2D eigenvalue weighted by Crippen LogP contribution is 2.28. The number of hydrogen-bond donors (Lipinski definition) is 1. The van der Waals surface area contributed by atoms with Crippen molar-refractivity contribution in [3.05, 3.63) is 21.9 Å². The van der Waals surface area contributed by atoms with Crippen LogP contribution in [0, 0.1) is 5.92 Å². The van der Waals surface area contributed by atoms with Crippen molar-refractivity contribution in [3.63, 3.8) is 0 Å². The number of likely N-dealkylation sites (N-methyl/N-ethyl adjacent to an activating group) is 1. The Hall–Kier alpha value is -0.870. The van der Waals surface area contributed by atoms with Crippen LogP contribution in [0.3, 0.4) is 0 Å². The number of aliphatic imine (C=N–C) groups is 1. The first-order valence-corrected chi connectivity index (χ1v) is 11.0. The van der Waals surface area contributed by atoms with Gasteiger partial charge in [-0.3, -0.25) is 9.79 Å². The van der Waals surface area contributed by atoms with Crippen molar-refractivity contribution >= 4 is 47.2 Å². The molecular weight excluding hydrogens is 487 g/mol. The molecule has 1 aromatic heterocycles. The van der Waals surface area contributed by atoms with Gasteiger partial charge in [0, 0.05) is 51.1 Å². The zero-order valence-corrected chi connectivity index (χ0v) is 20.1. The van der Waals surface area contributed by atoms with Crippen molar-refractivity contribution < 1.29 is 9.53 Å². The molecule has 0 atom stereocenters. The maximum Gasteiger partial charge on any atom is 0.224 e. The molecule has 158 valence electrons. The van der Waals surface area contributed by atoms with Crippen molar-refractivity contribution in [1.82, 2.24) is 15.1 Å². The number of thiophene rings is 1. The predicted molar refractivity (Wildman–Crippen MR) is 126 cm³/mol. The van der Waals surface area contributed by atoms with E-state index in [1.807, 2.05) is 11.9 Å². The van der Waals surface area contributed by atoms with Crippen molar-refractivity contribution in [2.75, 3.05) is 46.4 Å². The van der Waals surface area contributed by atoms with Crippen LogP contribution in [-0.4, -0.2) is 68.1 Å². The molecule has 0 saturated heterocycles. The maximum atomic E-state index is 12.5. The van der Waals surface area contributed by atoms with Crippen LogP contribution in [0.25, 0.3) is 0 Å². The first-order chi connectivity index (χ1) is 13.2. The topological polar surface area (TPSA) is 57.2 Å². The summed E-state index contributed by atoms with van der Waals surface area (Å²) in [5.74, 6) is 1.84. The number of hydrogen-bond acceptors (Lipinski definition) is 4. The smallest absolute Gasteiger partial charge is 0.224 e. The van der Waals surface area contributed by atoms with Crippen LogP contribution in [0.5, 0.6) is 0 Å². The molecule has 6 nitrogen and oxygen atoms in total. The third kappa shape index (κ3) is 7.18. The number of carbonyl (C=O) groups is 1. The van der Waals surface area contributed by atoms with E-state index < -0.39 is 0 Å². The number of ether oxygens (including phenoxy) is 1. The third-order valence-corrected chi connectivity index (χ3v) is 6.09. The molecule has 2 aliphatic rings. The first kappa shape index (κ1) is 23.4. The van der Waals surface area contributed by atoms with Gasteiger partial charge in [0.1, 0.15) is 0 Å². The Kier molecular flexibility index (Phi) is 10.0. The van der Waals surface area contributed by atoms with Gasteiger partial charge in [0.25, 0.3) is 0 Å². The summed E-state index contributed by atoms with van der Waals surface area (Å²) in [6.45, 7) is 7.37. The van der Waals surface area contributed by atoms with E-state index in [1.54, 1.807) is 11.3 Å². The molecule has 28 heavy (non-hydrogen) atoms. The first-order valence-electron chi connectivity index (χ1n) is 10.1. The number of rotatable bonds is 9. The quantitative estimate of drug-likeness (QED) is 0.236. The Morgan fingerprint density at radius 1 is 1.46 bits per heavy atom. The second kappa shape index (κ2) is 12.0. The largest absolute Gasteiger partial charge is 0.379 e. The number of guanidine groups is 1. The number of nitrogens with zero attached hydrogens (tertiary/aromatic N) is 3. The highest BCUT2D eigenvalue weighted by atomic mass is 127. The van der Waals surface area contributed by atoms with E-state index in [2.05, 4.69) is 33.6 Å². The van der Waals surface area contributed by atoms with Crippen LogP contribution in [-0.2, 0) is 22.5 Å². The minimum atomic E-state index is 0. The minimum absolute atomic E-state index is 0. The molecule has 0 unspecified atom stereocenters. The van der Waals surface area contributed by atoms with Gasteiger partial charge in [-0.25, -0.2) is 0 Å². The number of nitrogens with one attached hydrogen (secondary N) is 1. The van der Waals surface area contributed by atoms with Crippen LogP contribution < -0.4 is 5.32 Å². The Labute approximate surface area is 189 Å². The number of amides is 1. The summed E-state index contributed by atoms with van der Waals surface area (Å²) in [4.78, 5) is 22.6. The van der Waals surface area contributed by atoms with Crippen LogP contribution in [0.2, 0.25) is 0 Å². The molecule has 1 amide bonds. The van der Waals surface area contributed by atoms with Gasteiger partial charge in [-0.05, 0) is 49.1 Å². The van der Waals surface area contributed by atoms with Gasteiger partial charge in [0.15, 0.2) is 5.96 Å². The molecule has 0 bridgehead atoms. The Morgan fingerprint density at radius 2 is 2.29 bits per heavy atom. The summed E-state index contributed by atoms with van der Waals surface area (Å²) in [6, 6.07) is 2.14. The zero-order chi connectivity index (χ0) is 19.1. The van der Waals surface area contributed by atoms with Gasteiger partial charge < -0.3 is 19.9 Å². The van der Waals surface area contributed by atoms with Crippen LogP contribution in [0.1, 0.15) is 36.6 Å². The average molecular weight is 520 g/mol. The number of halogens is 1. The average Bonchev–Trinajstić information content (AvgIpc) is 3.38. The summed E-state index contributed by atoms with van der Waals surface area (Å²) in [6.07, 6.45) is 4.08. The van der Waals surface area contributed by atoms with Crippen LogP contribution >= 0.6 is 35.3 Å². The number of fused-ring (bicyclic) bond motifs is 1. The molecular formula is C20H33IN4O2S. The summed E-state index contributed by atoms with van der Waals surface area (Å²) >= 11 is 1.80. The lowest BCUT2D eigenvalue weighted by molar-refractivity contribution is -0.131. The molecule has 0 radical (unpaired) electrons. The van der Waals surface area contributed by atoms with Gasteiger partial charge in [-0.2, -0.15) is 0 Å². The molecule has 1 saturated carbocycles. The molecule has 1 aliphatic heterocycles. The van der Waals surface area contributed by atoms with Gasteiger partial charge in [-0.15, -0.1) is 35.3 Å². The molecule has 0 spiro atoms. The van der Waals surface area contributed by atoms with Crippen LogP contribution in [0.4, 0.5) is 0 Å². The van der Waals surface area contributed by atoms with E-state index in [-0.39, 0.29) is 29.9 Å². The van der Waals surface area contributed by atoms with E-state index >= 15 is 0 Å². The minimum Gasteiger partial charge on any atom is -0.379 e. The van der Waals surface area contributed by atoms with Crippen molar-refractivity contribution in [3.8, 4) is 0 Å². The molecule has 1 N–H and O–H groups in total. The summed E-state index contributed by atoms with van der Waals surface area (Å²) < 4.78 is 5.72. The third-order valence-electron chi connectivity index (χ3n) is 5.07. The summed E-state index contributed by atoms with van der Waals surface area (Å²) in [5.41, 5.74) is 1.31. The lowest BCUT2D eigenvalue weighted by atomic mass is 10.1. The van der Waals surface area contributed by atoms with Gasteiger partial charge in [0.05, 0.1) is 13.2 Å². The van der Waals surface area contributed by atoms with E-state index in [4.69, 9.17) is 4.74 Å². The molecule has 1 fully saturated rings. The zero-order valence-electron chi connectivity index (χ0n) is 17.0. The molecule has 1 aromatic rings. The summed E-state index contributed by atoms with van der Waals surface area (Å²) in [5, 5.41) is 5.42. The Balaban J connectivity index is 0.00000280. The highest BCUT2D eigenvalue weighted by molar-refractivity contribution is 14.0. The fraction of sp³-hybridized carbons (Fsp3) is 0.700. The maximum absolute atomic E-state index is 12.5. The van der Waals surface area contributed by atoms with E-state index in [0.717, 1.165) is 51.1 Å². The van der Waals surface area contributed by atoms with Gasteiger partial charge >= 0.3 is 0 Å². The second-order valence-corrected chi connectivity index (χ2v) is 8.36. The number of carbonyl (C=O) groups excluding carboxylic acids is 1. The molecule has 2 heterocycles. The van der Waals surface area contributed by atoms with E-state index in [9.17, 15) is 4.79 Å². The van der Waals surface area contributed by atoms with Gasteiger partial charge in [0.2, 0.25) is 5.91 Å². The summed E-state index contributed by atoms with van der Waals surface area (Å²) in [7, 11) is 2.02. The molecule has 3 rings (SSSR count). The molecule has 8 heteroatoms. The molecule has 1 aliphatic carbocycles. The normalized spacial score (nSPS) is 16.4. The van der Waals surface area contributed by atoms with Crippen molar-refractivity contribution in [1.29, 1.82) is 0 Å². The van der Waals surface area contributed by atoms with Crippen molar-refractivity contribution in [2.45, 2.75) is 39.2 Å². The molecule has 0 aromatic carbocycles. The fourth-order valence-electron chi connectivity index (χ4n) is 3.19. The lowest BCUT2D eigenvalue weighted by Gasteiger charge is -2.27. The second-order valence-electron chi connectivity index (χ2n) is 7.36. The Morgan fingerprint density at radius 3 is 3.04 bits per heavy atom. The predicted octanol–water partition coefficient (Wildman–Crippen LogP) is 2.96. The fourth-order valence-corrected chi connectivity index (χ4v) is 4.08. The van der Waals surface area contributed by atoms with E-state index in [0.29, 0.717) is 19.6 Å². The SMILES string of the molecule is CCNC(=NCCC(=O)N1CCc2sccc2C1)N(C)CCOCC1CC1.I. The lowest BCUT2D eigenvalue weighted by Crippen LogP contribution is -2.41. The van der Waals surface area contributed by atoms with E-state index in [1.165, 1.54) is 23.3 Å². The monoisotopic (exact) mass is 520 g/mol. The van der Waals surface area contributed by atoms with Crippen molar-refractivity contribution in [2.24, 2.45) is 10.9 Å². The van der Waals surface area contributed by atoms with Crippen LogP contribution in [0.15, 0.2) is 16.4 Å².